The van der Waals surface area contributed by atoms with E-state index in [4.69, 9.17) is 11.6 Å². The predicted molar refractivity (Wildman–Crippen MR) is 82.6 cm³/mol. The van der Waals surface area contributed by atoms with Crippen LogP contribution in [0.25, 0.3) is 0 Å². The summed E-state index contributed by atoms with van der Waals surface area (Å²) in [7, 11) is 0. The highest BCUT2D eigenvalue weighted by molar-refractivity contribution is 6.31. The number of aryl methyl sites for hydroxylation is 1. The van der Waals surface area contributed by atoms with Gasteiger partial charge >= 0.3 is 0 Å². The standard InChI is InChI=1S/C15H20ClN3O2/c1-3-18-14(20)13-9-17-6-7-19(13)15(21)12-8-11(16)5-4-10(12)2/h4-5,8,13,17H,3,6-7,9H2,1-2H3,(H,18,20). The van der Waals surface area contributed by atoms with Crippen molar-refractivity contribution in [2.45, 2.75) is 19.9 Å². The predicted octanol–water partition coefficient (Wildman–Crippen LogP) is 1.20. The maximum Gasteiger partial charge on any atom is 0.254 e. The molecule has 114 valence electrons. The number of carbonyl (C=O) groups excluding carboxylic acids is 2. The van der Waals surface area contributed by atoms with Crippen molar-refractivity contribution in [1.82, 2.24) is 15.5 Å². The highest BCUT2D eigenvalue weighted by atomic mass is 35.5. The Balaban J connectivity index is 2.26. The van der Waals surface area contributed by atoms with E-state index < -0.39 is 6.04 Å². The van der Waals surface area contributed by atoms with E-state index in [0.29, 0.717) is 36.8 Å². The van der Waals surface area contributed by atoms with Crippen LogP contribution in [-0.2, 0) is 4.79 Å². The molecule has 1 aliphatic rings. The minimum atomic E-state index is -0.482. The molecule has 1 unspecified atom stereocenters. The van der Waals surface area contributed by atoms with Crippen LogP contribution >= 0.6 is 11.6 Å². The van der Waals surface area contributed by atoms with Gasteiger partial charge in [0.25, 0.3) is 5.91 Å². The Bertz CT molecular complexity index is 548. The Morgan fingerprint density at radius 3 is 2.95 bits per heavy atom. The molecule has 2 rings (SSSR count). The third-order valence-corrected chi connectivity index (χ3v) is 3.82. The van der Waals surface area contributed by atoms with Gasteiger partial charge in [-0.25, -0.2) is 0 Å². The van der Waals surface area contributed by atoms with Gasteiger partial charge in [0.15, 0.2) is 0 Å². The molecule has 0 saturated carbocycles. The van der Waals surface area contributed by atoms with Crippen LogP contribution in [0.3, 0.4) is 0 Å². The number of rotatable bonds is 3. The third-order valence-electron chi connectivity index (χ3n) is 3.59. The Labute approximate surface area is 129 Å². The number of piperazine rings is 1. The summed E-state index contributed by atoms with van der Waals surface area (Å²) in [5.41, 5.74) is 1.41. The van der Waals surface area contributed by atoms with E-state index in [-0.39, 0.29) is 11.8 Å². The van der Waals surface area contributed by atoms with Crippen LogP contribution < -0.4 is 10.6 Å². The molecule has 0 spiro atoms. The largest absolute Gasteiger partial charge is 0.355 e. The van der Waals surface area contributed by atoms with E-state index in [1.807, 2.05) is 19.9 Å². The van der Waals surface area contributed by atoms with Crippen molar-refractivity contribution in [1.29, 1.82) is 0 Å². The summed E-state index contributed by atoms with van der Waals surface area (Å²) in [6, 6.07) is 4.76. The molecular formula is C15H20ClN3O2. The fourth-order valence-corrected chi connectivity index (χ4v) is 2.63. The third kappa shape index (κ3) is 3.54. The van der Waals surface area contributed by atoms with Crippen molar-refractivity contribution in [2.75, 3.05) is 26.2 Å². The van der Waals surface area contributed by atoms with E-state index in [1.165, 1.54) is 0 Å². The molecule has 0 radical (unpaired) electrons. The molecule has 6 heteroatoms. The molecule has 1 heterocycles. The summed E-state index contributed by atoms with van der Waals surface area (Å²) in [5.74, 6) is -0.273. The summed E-state index contributed by atoms with van der Waals surface area (Å²) in [6.45, 7) is 5.94. The summed E-state index contributed by atoms with van der Waals surface area (Å²) in [6.07, 6.45) is 0. The van der Waals surface area contributed by atoms with Crippen molar-refractivity contribution in [3.05, 3.63) is 34.3 Å². The first-order valence-corrected chi connectivity index (χ1v) is 7.48. The van der Waals surface area contributed by atoms with Crippen molar-refractivity contribution in [2.24, 2.45) is 0 Å². The zero-order valence-corrected chi connectivity index (χ0v) is 13.0. The first-order valence-electron chi connectivity index (χ1n) is 7.10. The minimum Gasteiger partial charge on any atom is -0.355 e. The smallest absolute Gasteiger partial charge is 0.254 e. The van der Waals surface area contributed by atoms with Gasteiger partial charge in [0.2, 0.25) is 5.91 Å². The van der Waals surface area contributed by atoms with Gasteiger partial charge in [0, 0.05) is 36.8 Å². The second kappa shape index (κ2) is 6.91. The molecule has 0 aromatic heterocycles. The van der Waals surface area contributed by atoms with E-state index in [9.17, 15) is 9.59 Å². The monoisotopic (exact) mass is 309 g/mol. The lowest BCUT2D eigenvalue weighted by molar-refractivity contribution is -0.126. The summed E-state index contributed by atoms with van der Waals surface area (Å²) in [4.78, 5) is 26.5. The number of carbonyl (C=O) groups is 2. The molecule has 1 aromatic carbocycles. The fourth-order valence-electron chi connectivity index (χ4n) is 2.45. The first-order chi connectivity index (χ1) is 10.0. The molecular weight excluding hydrogens is 290 g/mol. The number of likely N-dealkylation sites (N-methyl/N-ethyl adjacent to an activating group) is 1. The molecule has 2 N–H and O–H groups in total. The quantitative estimate of drug-likeness (QED) is 0.882. The number of hydrogen-bond acceptors (Lipinski definition) is 3. The first kappa shape index (κ1) is 15.8. The van der Waals surface area contributed by atoms with Crippen LogP contribution in [0.5, 0.6) is 0 Å². The average molecular weight is 310 g/mol. The van der Waals surface area contributed by atoms with Gasteiger partial charge in [-0.1, -0.05) is 17.7 Å². The topological polar surface area (TPSA) is 61.4 Å². The molecule has 1 aliphatic heterocycles. The molecule has 1 saturated heterocycles. The van der Waals surface area contributed by atoms with Crippen LogP contribution in [0.1, 0.15) is 22.8 Å². The van der Waals surface area contributed by atoms with Gasteiger partial charge in [-0.15, -0.1) is 0 Å². The Morgan fingerprint density at radius 1 is 1.48 bits per heavy atom. The van der Waals surface area contributed by atoms with Crippen molar-refractivity contribution in [3.8, 4) is 0 Å². The Kier molecular flexibility index (Phi) is 5.20. The Hall–Kier alpha value is -1.59. The maximum absolute atomic E-state index is 12.8. The van der Waals surface area contributed by atoms with Crippen molar-refractivity contribution in [3.63, 3.8) is 0 Å². The lowest BCUT2D eigenvalue weighted by Crippen LogP contribution is -2.59. The molecule has 0 aliphatic carbocycles. The van der Waals surface area contributed by atoms with Gasteiger partial charge < -0.3 is 15.5 Å². The van der Waals surface area contributed by atoms with Gasteiger partial charge in [-0.3, -0.25) is 9.59 Å². The highest BCUT2D eigenvalue weighted by Gasteiger charge is 2.32. The van der Waals surface area contributed by atoms with Crippen LogP contribution in [0, 0.1) is 6.92 Å². The number of amides is 2. The summed E-state index contributed by atoms with van der Waals surface area (Å²) < 4.78 is 0. The van der Waals surface area contributed by atoms with E-state index in [2.05, 4.69) is 10.6 Å². The van der Waals surface area contributed by atoms with E-state index in [0.717, 1.165) is 5.56 Å². The lowest BCUT2D eigenvalue weighted by Gasteiger charge is -2.35. The second-order valence-electron chi connectivity index (χ2n) is 5.07. The lowest BCUT2D eigenvalue weighted by atomic mass is 10.1. The molecule has 2 amide bonds. The number of hydrogen-bond donors (Lipinski definition) is 2. The number of benzene rings is 1. The molecule has 1 fully saturated rings. The van der Waals surface area contributed by atoms with Gasteiger partial charge in [0.05, 0.1) is 0 Å². The molecule has 0 bridgehead atoms. The zero-order chi connectivity index (χ0) is 15.4. The number of nitrogens with zero attached hydrogens (tertiary/aromatic N) is 1. The van der Waals surface area contributed by atoms with Crippen molar-refractivity contribution >= 4 is 23.4 Å². The van der Waals surface area contributed by atoms with E-state index >= 15 is 0 Å². The zero-order valence-electron chi connectivity index (χ0n) is 12.3. The van der Waals surface area contributed by atoms with Crippen LogP contribution in [-0.4, -0.2) is 48.9 Å². The van der Waals surface area contributed by atoms with Gasteiger partial charge in [-0.2, -0.15) is 0 Å². The number of nitrogens with one attached hydrogen (secondary N) is 2. The highest BCUT2D eigenvalue weighted by Crippen LogP contribution is 2.19. The minimum absolute atomic E-state index is 0.127. The van der Waals surface area contributed by atoms with Crippen molar-refractivity contribution < 1.29 is 9.59 Å². The summed E-state index contributed by atoms with van der Waals surface area (Å²) >= 11 is 5.99. The van der Waals surface area contributed by atoms with E-state index in [1.54, 1.807) is 17.0 Å². The maximum atomic E-state index is 12.8. The fraction of sp³-hybridized carbons (Fsp3) is 0.467. The van der Waals surface area contributed by atoms with Gasteiger partial charge in [-0.05, 0) is 31.5 Å². The van der Waals surface area contributed by atoms with Crippen LogP contribution in [0.4, 0.5) is 0 Å². The molecule has 21 heavy (non-hydrogen) atoms. The molecule has 1 aromatic rings. The SMILES string of the molecule is CCNC(=O)C1CNCCN1C(=O)c1cc(Cl)ccc1C. The number of halogens is 1. The Morgan fingerprint density at radius 2 is 2.24 bits per heavy atom. The normalized spacial score (nSPS) is 18.4. The van der Waals surface area contributed by atoms with Crippen LogP contribution in [0.2, 0.25) is 5.02 Å². The summed E-state index contributed by atoms with van der Waals surface area (Å²) in [5, 5.41) is 6.46. The van der Waals surface area contributed by atoms with Gasteiger partial charge in [0.1, 0.15) is 6.04 Å². The molecule has 1 atom stereocenters. The molecule has 5 nitrogen and oxygen atoms in total. The van der Waals surface area contributed by atoms with Crippen LogP contribution in [0.15, 0.2) is 18.2 Å². The average Bonchev–Trinajstić information content (AvgIpc) is 2.49. The second-order valence-corrected chi connectivity index (χ2v) is 5.51.